The molecule has 5 heteroatoms. The molecule has 0 atom stereocenters. The molecular weight excluding hydrogens is 214 g/mol. The highest BCUT2D eigenvalue weighted by atomic mass is 15.3. The molecule has 1 aromatic heterocycles. The van der Waals surface area contributed by atoms with Gasteiger partial charge in [-0.2, -0.15) is 0 Å². The monoisotopic (exact) mass is 235 g/mol. The number of nitrogen functional groups attached to an aromatic ring is 1. The molecule has 1 aliphatic carbocycles. The Balaban J connectivity index is 2.20. The maximum Gasteiger partial charge on any atom is 0.148 e. The predicted octanol–water partition coefficient (Wildman–Crippen LogP) is 1.70. The molecule has 1 aliphatic rings. The molecule has 0 bridgehead atoms. The molecule has 1 saturated carbocycles. The van der Waals surface area contributed by atoms with E-state index in [0.717, 1.165) is 36.8 Å². The van der Waals surface area contributed by atoms with Crippen molar-refractivity contribution in [2.45, 2.75) is 33.1 Å². The molecule has 0 aliphatic heterocycles. The minimum absolute atomic E-state index is 0.715. The topological polar surface area (TPSA) is 67.1 Å². The molecule has 0 amide bonds. The number of hydrogen-bond donors (Lipinski definition) is 2. The van der Waals surface area contributed by atoms with Gasteiger partial charge in [-0.25, -0.2) is 15.8 Å². The molecule has 1 fully saturated rings. The van der Waals surface area contributed by atoms with Gasteiger partial charge in [-0.15, -0.1) is 0 Å². The summed E-state index contributed by atoms with van der Waals surface area (Å²) in [4.78, 5) is 10.9. The average molecular weight is 235 g/mol. The number of nitrogens with two attached hydrogens (primary N) is 1. The van der Waals surface area contributed by atoms with Crippen LogP contribution in [0.25, 0.3) is 0 Å². The lowest BCUT2D eigenvalue weighted by Gasteiger charge is -2.25. The third-order valence-corrected chi connectivity index (χ3v) is 3.16. The van der Waals surface area contributed by atoms with Crippen LogP contribution in [0.3, 0.4) is 0 Å². The molecule has 0 aromatic carbocycles. The highest BCUT2D eigenvalue weighted by Gasteiger charge is 2.25. The second kappa shape index (κ2) is 5.31. The van der Waals surface area contributed by atoms with Crippen molar-refractivity contribution in [2.75, 3.05) is 23.4 Å². The van der Waals surface area contributed by atoms with Crippen LogP contribution in [-0.2, 0) is 0 Å². The first-order chi connectivity index (χ1) is 8.26. The highest BCUT2D eigenvalue weighted by Crippen LogP contribution is 2.32. The van der Waals surface area contributed by atoms with Gasteiger partial charge >= 0.3 is 0 Å². The third-order valence-electron chi connectivity index (χ3n) is 3.16. The molecule has 17 heavy (non-hydrogen) atoms. The molecule has 0 unspecified atom stereocenters. The summed E-state index contributed by atoms with van der Waals surface area (Å²) in [5.41, 5.74) is 3.66. The molecule has 3 N–H and O–H groups in total. The Kier molecular flexibility index (Phi) is 3.78. The Hall–Kier alpha value is -1.36. The number of aromatic nitrogens is 2. The van der Waals surface area contributed by atoms with Gasteiger partial charge in [0.25, 0.3) is 0 Å². The second-order valence-corrected chi connectivity index (χ2v) is 4.70. The molecule has 1 heterocycles. The summed E-state index contributed by atoms with van der Waals surface area (Å²) >= 11 is 0. The third kappa shape index (κ3) is 2.85. The fourth-order valence-corrected chi connectivity index (χ4v) is 2.07. The molecular formula is C12H21N5. The van der Waals surface area contributed by atoms with Crippen LogP contribution < -0.4 is 16.2 Å². The van der Waals surface area contributed by atoms with E-state index in [1.54, 1.807) is 6.33 Å². The van der Waals surface area contributed by atoms with Crippen molar-refractivity contribution in [3.63, 3.8) is 0 Å². The smallest absolute Gasteiger partial charge is 0.148 e. The second-order valence-electron chi connectivity index (χ2n) is 4.70. The van der Waals surface area contributed by atoms with Gasteiger partial charge in [0.15, 0.2) is 0 Å². The summed E-state index contributed by atoms with van der Waals surface area (Å²) in [6.45, 7) is 6.35. The van der Waals surface area contributed by atoms with Gasteiger partial charge < -0.3 is 10.3 Å². The molecule has 0 spiro atoms. The van der Waals surface area contributed by atoms with Crippen molar-refractivity contribution in [1.82, 2.24) is 9.97 Å². The van der Waals surface area contributed by atoms with Gasteiger partial charge in [-0.3, -0.25) is 0 Å². The first-order valence-corrected chi connectivity index (χ1v) is 6.29. The van der Waals surface area contributed by atoms with Crippen molar-refractivity contribution in [1.29, 1.82) is 0 Å². The van der Waals surface area contributed by atoms with E-state index in [9.17, 15) is 0 Å². The lowest BCUT2D eigenvalue weighted by atomic mass is 10.2. The Morgan fingerprint density at radius 2 is 2.24 bits per heavy atom. The first kappa shape index (κ1) is 12.1. The van der Waals surface area contributed by atoms with Crippen LogP contribution in [0.15, 0.2) is 6.33 Å². The number of nitrogens with zero attached hydrogens (tertiary/aromatic N) is 3. The van der Waals surface area contributed by atoms with Crippen molar-refractivity contribution in [3.8, 4) is 0 Å². The SMILES string of the molecule is CCCN(CC1CC1)c1ncnc(NN)c1C. The van der Waals surface area contributed by atoms with E-state index in [0.29, 0.717) is 5.82 Å². The summed E-state index contributed by atoms with van der Waals surface area (Å²) < 4.78 is 0. The zero-order chi connectivity index (χ0) is 12.3. The zero-order valence-corrected chi connectivity index (χ0v) is 10.6. The normalized spacial score (nSPS) is 14.8. The molecule has 1 aromatic rings. The summed E-state index contributed by atoms with van der Waals surface area (Å²) in [6.07, 6.45) is 5.41. The van der Waals surface area contributed by atoms with Crippen LogP contribution in [0.4, 0.5) is 11.6 Å². The lowest BCUT2D eigenvalue weighted by molar-refractivity contribution is 0.695. The minimum atomic E-state index is 0.715. The minimum Gasteiger partial charge on any atom is -0.356 e. The van der Waals surface area contributed by atoms with E-state index in [1.807, 2.05) is 6.92 Å². The summed E-state index contributed by atoms with van der Waals surface area (Å²) in [5, 5.41) is 0. The maximum absolute atomic E-state index is 5.45. The quantitative estimate of drug-likeness (QED) is 0.580. The molecule has 94 valence electrons. The first-order valence-electron chi connectivity index (χ1n) is 6.29. The zero-order valence-electron chi connectivity index (χ0n) is 10.6. The van der Waals surface area contributed by atoms with Gasteiger partial charge in [0.1, 0.15) is 18.0 Å². The van der Waals surface area contributed by atoms with Crippen LogP contribution in [0.5, 0.6) is 0 Å². The summed E-state index contributed by atoms with van der Waals surface area (Å²) in [7, 11) is 0. The molecule has 0 saturated heterocycles. The molecule has 5 nitrogen and oxygen atoms in total. The van der Waals surface area contributed by atoms with E-state index in [2.05, 4.69) is 27.2 Å². The average Bonchev–Trinajstić information content (AvgIpc) is 3.13. The Morgan fingerprint density at radius 1 is 1.47 bits per heavy atom. The highest BCUT2D eigenvalue weighted by molar-refractivity contribution is 5.57. The van der Waals surface area contributed by atoms with Crippen molar-refractivity contribution < 1.29 is 0 Å². The Labute approximate surface area is 102 Å². The number of hydrogen-bond acceptors (Lipinski definition) is 5. The number of nitrogens with one attached hydrogen (secondary N) is 1. The van der Waals surface area contributed by atoms with E-state index >= 15 is 0 Å². The van der Waals surface area contributed by atoms with Gasteiger partial charge in [-0.05, 0) is 32.1 Å². The fraction of sp³-hybridized carbons (Fsp3) is 0.667. The molecule has 0 radical (unpaired) electrons. The van der Waals surface area contributed by atoms with Crippen LogP contribution in [0.1, 0.15) is 31.7 Å². The number of rotatable bonds is 6. The number of hydrazine groups is 1. The Morgan fingerprint density at radius 3 is 2.82 bits per heavy atom. The summed E-state index contributed by atoms with van der Waals surface area (Å²) in [6, 6.07) is 0. The summed E-state index contributed by atoms with van der Waals surface area (Å²) in [5.74, 6) is 8.03. The predicted molar refractivity (Wildman–Crippen MR) is 69.8 cm³/mol. The largest absolute Gasteiger partial charge is 0.356 e. The Bertz CT molecular complexity index is 375. The van der Waals surface area contributed by atoms with E-state index in [4.69, 9.17) is 5.84 Å². The van der Waals surface area contributed by atoms with Crippen molar-refractivity contribution >= 4 is 11.6 Å². The fourth-order valence-electron chi connectivity index (χ4n) is 2.07. The van der Waals surface area contributed by atoms with Crippen molar-refractivity contribution in [2.24, 2.45) is 11.8 Å². The van der Waals surface area contributed by atoms with Gasteiger partial charge in [0.2, 0.25) is 0 Å². The van der Waals surface area contributed by atoms with Crippen molar-refractivity contribution in [3.05, 3.63) is 11.9 Å². The van der Waals surface area contributed by atoms with E-state index < -0.39 is 0 Å². The van der Waals surface area contributed by atoms with E-state index in [1.165, 1.54) is 12.8 Å². The van der Waals surface area contributed by atoms with Gasteiger partial charge in [0, 0.05) is 18.7 Å². The van der Waals surface area contributed by atoms with E-state index in [-0.39, 0.29) is 0 Å². The number of anilines is 2. The van der Waals surface area contributed by atoms with Crippen LogP contribution in [-0.4, -0.2) is 23.1 Å². The molecule has 2 rings (SSSR count). The van der Waals surface area contributed by atoms with Crippen LogP contribution in [0.2, 0.25) is 0 Å². The maximum atomic E-state index is 5.45. The van der Waals surface area contributed by atoms with Gasteiger partial charge in [0.05, 0.1) is 0 Å². The van der Waals surface area contributed by atoms with Crippen LogP contribution >= 0.6 is 0 Å². The van der Waals surface area contributed by atoms with Gasteiger partial charge in [-0.1, -0.05) is 6.92 Å². The standard InChI is InChI=1S/C12H21N5/c1-3-6-17(7-10-4-5-10)12-9(2)11(16-13)14-8-15-12/h8,10H,3-7,13H2,1-2H3,(H,14,15,16). The van der Waals surface area contributed by atoms with Crippen LogP contribution in [0, 0.1) is 12.8 Å². The lowest BCUT2D eigenvalue weighted by Crippen LogP contribution is -2.28.